The Morgan fingerprint density at radius 3 is 1.23 bits per heavy atom. The minimum absolute atomic E-state index is 0. The number of nitrogens with two attached hydrogens (primary N) is 2. The lowest BCUT2D eigenvalue weighted by Crippen LogP contribution is -2.43. The summed E-state index contributed by atoms with van der Waals surface area (Å²) in [6.45, 7) is -1.65. The van der Waals surface area contributed by atoms with Gasteiger partial charge < -0.3 is 37.0 Å². The van der Waals surface area contributed by atoms with Gasteiger partial charge in [-0.1, -0.05) is 6.42 Å². The Kier molecular flexibility index (Phi) is 20.8. The van der Waals surface area contributed by atoms with E-state index in [0.717, 1.165) is 22.6 Å². The first-order valence-electron chi connectivity index (χ1n) is 8.89. The van der Waals surface area contributed by atoms with E-state index in [-0.39, 0.29) is 25.5 Å². The number of nitrogens with zero attached hydrogens (tertiary/aromatic N) is 2. The van der Waals surface area contributed by atoms with Gasteiger partial charge >= 0.3 is 29.8 Å². The molecule has 0 aliphatic rings. The number of carboxylic acids is 5. The van der Waals surface area contributed by atoms with Crippen LogP contribution in [0.2, 0.25) is 0 Å². The molecule has 0 aromatic heterocycles. The molecule has 0 aliphatic carbocycles. The molecule has 0 fully saturated rings. The van der Waals surface area contributed by atoms with Crippen molar-refractivity contribution in [2.45, 2.75) is 25.3 Å². The molecular formula is C16H31ClN4O10. The van der Waals surface area contributed by atoms with Crippen molar-refractivity contribution in [2.24, 2.45) is 11.5 Å². The molecule has 0 bridgehead atoms. The maximum absolute atomic E-state index is 10.6. The summed E-state index contributed by atoms with van der Waals surface area (Å²) in [6.07, 6.45) is 2.16. The molecule has 14 nitrogen and oxygen atoms in total. The first kappa shape index (κ1) is 33.1. The first-order chi connectivity index (χ1) is 13.9. The quantitative estimate of drug-likeness (QED) is 0.118. The van der Waals surface area contributed by atoms with Crippen molar-refractivity contribution in [3.05, 3.63) is 0 Å². The predicted octanol–water partition coefficient (Wildman–Crippen LogP) is -2.12. The van der Waals surface area contributed by atoms with Crippen molar-refractivity contribution < 1.29 is 49.5 Å². The lowest BCUT2D eigenvalue weighted by atomic mass is 10.1. The maximum Gasteiger partial charge on any atom is 0.320 e. The van der Waals surface area contributed by atoms with Gasteiger partial charge in [-0.15, -0.1) is 12.4 Å². The average Bonchev–Trinajstić information content (AvgIpc) is 2.58. The Morgan fingerprint density at radius 2 is 1.00 bits per heavy atom. The molecule has 0 radical (unpaired) electrons. The highest BCUT2D eigenvalue weighted by atomic mass is 35.5. The van der Waals surface area contributed by atoms with Crippen LogP contribution in [0.3, 0.4) is 0 Å². The van der Waals surface area contributed by atoms with E-state index in [1.807, 2.05) is 0 Å². The van der Waals surface area contributed by atoms with Crippen LogP contribution in [0.5, 0.6) is 0 Å². The summed E-state index contributed by atoms with van der Waals surface area (Å²) in [4.78, 5) is 54.5. The van der Waals surface area contributed by atoms with Crippen LogP contribution in [-0.4, -0.2) is 117 Å². The highest BCUT2D eigenvalue weighted by molar-refractivity contribution is 5.85. The highest BCUT2D eigenvalue weighted by Crippen LogP contribution is 1.97. The highest BCUT2D eigenvalue weighted by Gasteiger charge is 2.18. The van der Waals surface area contributed by atoms with Crippen molar-refractivity contribution in [1.29, 1.82) is 0 Å². The van der Waals surface area contributed by atoms with Gasteiger partial charge in [-0.25, -0.2) is 0 Å². The molecule has 0 saturated carbocycles. The summed E-state index contributed by atoms with van der Waals surface area (Å²) in [5.74, 6) is -5.84. The van der Waals surface area contributed by atoms with Crippen molar-refractivity contribution in [2.75, 3.05) is 45.8 Å². The van der Waals surface area contributed by atoms with Crippen LogP contribution in [0.4, 0.5) is 0 Å². The van der Waals surface area contributed by atoms with E-state index >= 15 is 0 Å². The molecule has 0 aromatic rings. The van der Waals surface area contributed by atoms with E-state index in [9.17, 15) is 24.0 Å². The van der Waals surface area contributed by atoms with E-state index in [4.69, 9.17) is 37.0 Å². The number of unbranched alkanes of at least 4 members (excludes halogenated alkanes) is 1. The smallest absolute Gasteiger partial charge is 0.320 e. The predicted molar refractivity (Wildman–Crippen MR) is 109 cm³/mol. The van der Waals surface area contributed by atoms with Crippen molar-refractivity contribution in [1.82, 2.24) is 9.80 Å². The standard InChI is InChI=1S/C10H16N2O8.C6H14N2O2.ClH/c13-7(14)3-11(4-8(15)16)1-2-12(5-9(17)18)6-10(19)20;7-4-2-1-3-5(8)6(9)10;/h1-6H2,(H,13,14)(H,15,16)(H,17,18)(H,19,20);5H,1-4,7-8H2,(H,9,10);1H. The van der Waals surface area contributed by atoms with Crippen LogP contribution in [0.25, 0.3) is 0 Å². The van der Waals surface area contributed by atoms with Crippen LogP contribution < -0.4 is 11.5 Å². The van der Waals surface area contributed by atoms with E-state index < -0.39 is 62.1 Å². The molecule has 9 N–H and O–H groups in total. The fraction of sp³-hybridized carbons (Fsp3) is 0.688. The number of carbonyl (C=O) groups is 5. The van der Waals surface area contributed by atoms with Gasteiger partial charge in [0.05, 0.1) is 26.2 Å². The maximum atomic E-state index is 10.6. The number of hydrogen-bond donors (Lipinski definition) is 7. The summed E-state index contributed by atoms with van der Waals surface area (Å²) in [6, 6.07) is -0.716. The summed E-state index contributed by atoms with van der Waals surface area (Å²) < 4.78 is 0. The Labute approximate surface area is 184 Å². The van der Waals surface area contributed by atoms with Crippen LogP contribution in [-0.2, 0) is 24.0 Å². The minimum Gasteiger partial charge on any atom is -0.480 e. The molecule has 1 atom stereocenters. The van der Waals surface area contributed by atoms with Gasteiger partial charge in [0.25, 0.3) is 0 Å². The monoisotopic (exact) mass is 474 g/mol. The fourth-order valence-electron chi connectivity index (χ4n) is 2.11. The Bertz CT molecular complexity index is 511. The summed E-state index contributed by atoms with van der Waals surface area (Å²) in [7, 11) is 0. The summed E-state index contributed by atoms with van der Waals surface area (Å²) in [5, 5.41) is 42.8. The van der Waals surface area contributed by atoms with Gasteiger partial charge in [0, 0.05) is 13.1 Å². The van der Waals surface area contributed by atoms with E-state index in [1.54, 1.807) is 0 Å². The molecule has 0 spiro atoms. The fourth-order valence-corrected chi connectivity index (χ4v) is 2.11. The number of carboxylic acid groups (broad SMARTS) is 5. The van der Waals surface area contributed by atoms with Gasteiger partial charge in [-0.05, 0) is 19.4 Å². The second kappa shape index (κ2) is 19.4. The third-order valence-corrected chi connectivity index (χ3v) is 3.45. The molecule has 31 heavy (non-hydrogen) atoms. The number of halogens is 1. The second-order valence-electron chi connectivity index (χ2n) is 6.23. The van der Waals surface area contributed by atoms with E-state index in [0.29, 0.717) is 13.0 Å². The van der Waals surface area contributed by atoms with Gasteiger partial charge in [-0.2, -0.15) is 0 Å². The molecule has 0 amide bonds. The number of aliphatic carboxylic acids is 5. The van der Waals surface area contributed by atoms with Crippen LogP contribution >= 0.6 is 12.4 Å². The van der Waals surface area contributed by atoms with Crippen LogP contribution in [0.1, 0.15) is 19.3 Å². The SMILES string of the molecule is Cl.NCCCCC(N)C(=O)O.O=C(O)CN(CCN(CC(=O)O)CC(=O)O)CC(=O)O. The molecule has 15 heteroatoms. The molecule has 0 aromatic carbocycles. The summed E-state index contributed by atoms with van der Waals surface area (Å²) >= 11 is 0. The molecule has 0 aliphatic heterocycles. The van der Waals surface area contributed by atoms with Crippen molar-refractivity contribution in [3.63, 3.8) is 0 Å². The van der Waals surface area contributed by atoms with Gasteiger partial charge in [-0.3, -0.25) is 33.8 Å². The zero-order valence-corrected chi connectivity index (χ0v) is 17.7. The Balaban J connectivity index is -0.000000604. The minimum atomic E-state index is -1.23. The van der Waals surface area contributed by atoms with Crippen LogP contribution in [0, 0.1) is 0 Å². The third-order valence-electron chi connectivity index (χ3n) is 3.45. The lowest BCUT2D eigenvalue weighted by Gasteiger charge is -2.23. The molecule has 1 unspecified atom stereocenters. The molecule has 0 saturated heterocycles. The van der Waals surface area contributed by atoms with Crippen molar-refractivity contribution in [3.8, 4) is 0 Å². The third kappa shape index (κ3) is 23.6. The largest absolute Gasteiger partial charge is 0.480 e. The molecule has 0 heterocycles. The topological polar surface area (TPSA) is 245 Å². The molecule has 182 valence electrons. The van der Waals surface area contributed by atoms with Gasteiger partial charge in [0.1, 0.15) is 6.04 Å². The van der Waals surface area contributed by atoms with Gasteiger partial charge in [0.2, 0.25) is 0 Å². The Morgan fingerprint density at radius 1 is 0.677 bits per heavy atom. The number of hydrogen-bond acceptors (Lipinski definition) is 9. The van der Waals surface area contributed by atoms with Crippen molar-refractivity contribution >= 4 is 42.3 Å². The first-order valence-corrected chi connectivity index (χ1v) is 8.89. The van der Waals surface area contributed by atoms with E-state index in [1.165, 1.54) is 0 Å². The summed E-state index contributed by atoms with van der Waals surface area (Å²) in [5.41, 5.74) is 10.4. The lowest BCUT2D eigenvalue weighted by molar-refractivity contribution is -0.145. The second-order valence-corrected chi connectivity index (χ2v) is 6.23. The average molecular weight is 475 g/mol. The Hall–Kier alpha value is -2.52. The van der Waals surface area contributed by atoms with Gasteiger partial charge in [0.15, 0.2) is 0 Å². The normalized spacial score (nSPS) is 11.1. The zero-order valence-electron chi connectivity index (χ0n) is 16.9. The molecular weight excluding hydrogens is 444 g/mol. The molecule has 0 rings (SSSR count). The van der Waals surface area contributed by atoms with E-state index in [2.05, 4.69) is 0 Å². The van der Waals surface area contributed by atoms with Crippen LogP contribution in [0.15, 0.2) is 0 Å². The number of rotatable bonds is 16. The zero-order chi connectivity index (χ0) is 23.7.